The van der Waals surface area contributed by atoms with Gasteiger partial charge in [0.15, 0.2) is 18.9 Å². The molecular formula is C80H131NO18. The maximum absolute atomic E-state index is 13.4. The van der Waals surface area contributed by atoms with E-state index >= 15 is 0 Å². The van der Waals surface area contributed by atoms with Crippen molar-refractivity contribution < 1.29 is 89.4 Å². The lowest BCUT2D eigenvalue weighted by molar-refractivity contribution is -0.379. The van der Waals surface area contributed by atoms with Crippen LogP contribution in [0, 0.1) is 0 Å². The molecule has 0 spiro atoms. The van der Waals surface area contributed by atoms with Crippen LogP contribution in [0.1, 0.15) is 219 Å². The minimum Gasteiger partial charge on any atom is -0.394 e. The predicted molar refractivity (Wildman–Crippen MR) is 392 cm³/mol. The molecule has 17 atom stereocenters. The third-order valence-corrected chi connectivity index (χ3v) is 17.7. The predicted octanol–water partition coefficient (Wildman–Crippen LogP) is 11.5. The topological polar surface area (TPSA) is 307 Å². The van der Waals surface area contributed by atoms with Gasteiger partial charge in [-0.15, -0.1) is 0 Å². The fourth-order valence-corrected chi connectivity index (χ4v) is 11.6. The summed E-state index contributed by atoms with van der Waals surface area (Å²) in [6.45, 7) is 1.63. The molecule has 0 aromatic rings. The van der Waals surface area contributed by atoms with Crippen molar-refractivity contribution in [2.24, 2.45) is 0 Å². The number of carbonyl (C=O) groups is 1. The van der Waals surface area contributed by atoms with Gasteiger partial charge < -0.3 is 89.9 Å². The summed E-state index contributed by atoms with van der Waals surface area (Å²) in [5.74, 6) is -0.291. The van der Waals surface area contributed by atoms with Gasteiger partial charge >= 0.3 is 0 Å². The average Bonchev–Trinajstić information content (AvgIpc) is 0.784. The number of nitrogens with one attached hydrogen (secondary N) is 1. The van der Waals surface area contributed by atoms with Crippen LogP contribution in [0.2, 0.25) is 0 Å². The van der Waals surface area contributed by atoms with Crippen molar-refractivity contribution in [2.75, 3.05) is 26.4 Å². The smallest absolute Gasteiger partial charge is 0.220 e. The van der Waals surface area contributed by atoms with Gasteiger partial charge in [0.25, 0.3) is 0 Å². The number of amides is 1. The molecule has 3 rings (SSSR count). The fourth-order valence-electron chi connectivity index (χ4n) is 11.6. The highest BCUT2D eigenvalue weighted by Gasteiger charge is 2.53. The highest BCUT2D eigenvalue weighted by atomic mass is 16.8. The lowest BCUT2D eigenvalue weighted by Gasteiger charge is -2.48. The lowest BCUT2D eigenvalue weighted by atomic mass is 9.96. The Hall–Kier alpha value is -4.33. The highest BCUT2D eigenvalue weighted by Crippen LogP contribution is 2.33. The van der Waals surface area contributed by atoms with Crippen LogP contribution in [0.3, 0.4) is 0 Å². The Morgan fingerprint density at radius 2 is 0.697 bits per heavy atom. The second-order valence-electron chi connectivity index (χ2n) is 26.0. The van der Waals surface area contributed by atoms with Crippen LogP contribution >= 0.6 is 0 Å². The largest absolute Gasteiger partial charge is 0.394 e. The van der Waals surface area contributed by atoms with Crippen molar-refractivity contribution in [2.45, 2.75) is 324 Å². The van der Waals surface area contributed by atoms with Gasteiger partial charge in [-0.2, -0.15) is 0 Å². The monoisotopic (exact) mass is 1390 g/mol. The van der Waals surface area contributed by atoms with E-state index in [1.165, 1.54) is 70.6 Å². The molecular weight excluding hydrogens is 1260 g/mol. The zero-order valence-electron chi connectivity index (χ0n) is 59.9. The van der Waals surface area contributed by atoms with E-state index in [9.17, 15) is 61.0 Å². The fraction of sp³-hybridized carbons (Fsp3) is 0.688. The molecule has 19 heteroatoms. The Labute approximate surface area is 593 Å². The van der Waals surface area contributed by atoms with Crippen LogP contribution in [-0.2, 0) is 33.2 Å². The summed E-state index contributed by atoms with van der Waals surface area (Å²) in [5.41, 5.74) is 0. The molecule has 1 amide bonds. The molecule has 0 aliphatic carbocycles. The number of hydrogen-bond donors (Lipinski definition) is 12. The number of aliphatic hydroxyl groups excluding tert-OH is 11. The molecule has 19 nitrogen and oxygen atoms in total. The summed E-state index contributed by atoms with van der Waals surface area (Å²) in [6, 6.07) is -0.922. The molecule has 3 aliphatic rings. The SMILES string of the molecule is CC/C=C\C/C=C\C/C=C\C/C=C\C/C=C\C/C=C\C/C=C\C/C=C\C/C=C\C/C=C\C/C=C\C/C=C\CCCCC(=O)NC(COC1OC(CO)C(OC2OC(CO)C(OC3OC(CO)C(O)C(O)C3O)C(O)C2O)C(O)C1O)C(O)CCCCCCCCCCCCCCCCC. The van der Waals surface area contributed by atoms with Crippen LogP contribution in [0.5, 0.6) is 0 Å². The number of carbonyl (C=O) groups excluding carboxylic acids is 1. The van der Waals surface area contributed by atoms with E-state index in [0.29, 0.717) is 19.3 Å². The summed E-state index contributed by atoms with van der Waals surface area (Å²) >= 11 is 0. The Morgan fingerprint density at radius 3 is 1.07 bits per heavy atom. The van der Waals surface area contributed by atoms with E-state index < -0.39 is 124 Å². The summed E-state index contributed by atoms with van der Waals surface area (Å²) in [7, 11) is 0. The van der Waals surface area contributed by atoms with Gasteiger partial charge in [-0.05, 0) is 103 Å². The van der Waals surface area contributed by atoms with E-state index in [2.05, 4.69) is 165 Å². The highest BCUT2D eigenvalue weighted by molar-refractivity contribution is 5.76. The third-order valence-electron chi connectivity index (χ3n) is 17.7. The molecule has 99 heavy (non-hydrogen) atoms. The van der Waals surface area contributed by atoms with Gasteiger partial charge in [0.05, 0.1) is 38.6 Å². The minimum absolute atomic E-state index is 0.201. The molecule has 3 aliphatic heterocycles. The number of rotatable bonds is 56. The van der Waals surface area contributed by atoms with Crippen molar-refractivity contribution in [3.63, 3.8) is 0 Å². The molecule has 3 saturated heterocycles. The first-order chi connectivity index (χ1) is 48.3. The van der Waals surface area contributed by atoms with Gasteiger partial charge in [-0.3, -0.25) is 4.79 Å². The molecule has 564 valence electrons. The maximum Gasteiger partial charge on any atom is 0.220 e. The zero-order valence-corrected chi connectivity index (χ0v) is 59.9. The number of ether oxygens (including phenoxy) is 6. The summed E-state index contributed by atoms with van der Waals surface area (Å²) in [5, 5.41) is 121. The van der Waals surface area contributed by atoms with Crippen molar-refractivity contribution in [1.82, 2.24) is 5.32 Å². The Kier molecular flexibility index (Phi) is 53.1. The molecule has 12 N–H and O–H groups in total. The number of allylic oxidation sites excluding steroid dienone is 24. The number of aliphatic hydroxyl groups is 11. The van der Waals surface area contributed by atoms with Crippen molar-refractivity contribution >= 4 is 5.91 Å². The van der Waals surface area contributed by atoms with Gasteiger partial charge in [0, 0.05) is 6.42 Å². The van der Waals surface area contributed by atoms with Crippen LogP contribution in [0.15, 0.2) is 146 Å². The second kappa shape index (κ2) is 59.1. The maximum atomic E-state index is 13.4. The minimum atomic E-state index is -1.98. The Bertz CT molecular complexity index is 2360. The normalized spacial score (nSPS) is 27.5. The first-order valence-electron chi connectivity index (χ1n) is 37.6. The van der Waals surface area contributed by atoms with Gasteiger partial charge in [0.1, 0.15) is 73.2 Å². The quantitative estimate of drug-likeness (QED) is 0.0199. The van der Waals surface area contributed by atoms with Crippen molar-refractivity contribution in [1.29, 1.82) is 0 Å². The van der Waals surface area contributed by atoms with Crippen LogP contribution in [0.25, 0.3) is 0 Å². The lowest BCUT2D eigenvalue weighted by Crippen LogP contribution is -2.66. The van der Waals surface area contributed by atoms with E-state index in [1.807, 2.05) is 0 Å². The first kappa shape index (κ1) is 88.9. The molecule has 0 bridgehead atoms. The standard InChI is InChI=1S/C80H131NO18/c1-3-5-7-9-11-13-15-17-19-20-21-22-23-24-25-26-27-28-29-30-31-32-33-34-35-36-37-38-39-40-41-42-44-46-48-50-52-54-56-58-68(86)81-63(64(85)57-55-53-51-49-47-45-43-18-16-14-12-10-8-6-4-2)62-94-78-74(92)71(89)76(66(60-83)96-78)99-80-75(93)72(90)77(67(61-84)97-80)98-79-73(91)70(88)69(87)65(59-82)95-79/h5,7,11,13,17,19,21-22,24-25,27-28,30-31,33-34,36-37,39-40,42,44,48,50,63-67,69-80,82-85,87-93H,3-4,6,8-10,12,14-16,18,20,23,26,29,32,35,38,41,43,45-47,49,51-62H2,1-2H3,(H,81,86)/b7-5-,13-11-,19-17-,22-21-,25-24-,28-27-,31-30-,34-33-,37-36-,40-39-,44-42-,50-48-. The first-order valence-corrected chi connectivity index (χ1v) is 37.6. The molecule has 0 saturated carbocycles. The second-order valence-corrected chi connectivity index (χ2v) is 26.0. The van der Waals surface area contributed by atoms with Gasteiger partial charge in [0.2, 0.25) is 5.91 Å². The molecule has 0 aromatic carbocycles. The Balaban J connectivity index is 1.37. The molecule has 0 aromatic heterocycles. The van der Waals surface area contributed by atoms with E-state index in [4.69, 9.17) is 28.4 Å². The van der Waals surface area contributed by atoms with E-state index in [0.717, 1.165) is 109 Å². The molecule has 3 heterocycles. The summed E-state index contributed by atoms with van der Waals surface area (Å²) in [4.78, 5) is 13.4. The van der Waals surface area contributed by atoms with Crippen molar-refractivity contribution in [3.8, 4) is 0 Å². The van der Waals surface area contributed by atoms with Gasteiger partial charge in [-0.1, -0.05) is 256 Å². The molecule has 17 unspecified atom stereocenters. The third kappa shape index (κ3) is 39.8. The van der Waals surface area contributed by atoms with Crippen LogP contribution < -0.4 is 5.32 Å². The summed E-state index contributed by atoms with van der Waals surface area (Å²) < 4.78 is 34.4. The average molecular weight is 1390 g/mol. The van der Waals surface area contributed by atoms with E-state index in [-0.39, 0.29) is 18.9 Å². The Morgan fingerprint density at radius 1 is 0.374 bits per heavy atom. The van der Waals surface area contributed by atoms with Crippen LogP contribution in [-0.4, -0.2) is 193 Å². The molecule has 0 radical (unpaired) electrons. The summed E-state index contributed by atoms with van der Waals surface area (Å²) in [6.07, 6.45) is 57.9. The molecule has 3 fully saturated rings. The zero-order chi connectivity index (χ0) is 71.8. The van der Waals surface area contributed by atoms with Crippen LogP contribution in [0.4, 0.5) is 0 Å². The van der Waals surface area contributed by atoms with E-state index in [1.54, 1.807) is 0 Å². The van der Waals surface area contributed by atoms with Gasteiger partial charge in [-0.25, -0.2) is 0 Å². The number of hydrogen-bond acceptors (Lipinski definition) is 18. The number of unbranched alkanes of at least 4 members (excludes halogenated alkanes) is 16. The van der Waals surface area contributed by atoms with Crippen molar-refractivity contribution in [3.05, 3.63) is 146 Å².